The molecule has 0 radical (unpaired) electrons. The second-order valence-electron chi connectivity index (χ2n) is 6.31. The second-order valence-corrected chi connectivity index (χ2v) is 8.57. The van der Waals surface area contributed by atoms with Gasteiger partial charge in [-0.25, -0.2) is 17.2 Å². The van der Waals surface area contributed by atoms with Gasteiger partial charge in [0, 0.05) is 11.6 Å². The van der Waals surface area contributed by atoms with Gasteiger partial charge in [-0.15, -0.1) is 13.2 Å². The lowest BCUT2D eigenvalue weighted by Gasteiger charge is -2.45. The van der Waals surface area contributed by atoms with Crippen molar-refractivity contribution in [1.29, 1.82) is 0 Å². The molecule has 0 heterocycles. The fourth-order valence-corrected chi connectivity index (χ4v) is 5.52. The fraction of sp³-hybridized carbons (Fsp3) is 0.294. The summed E-state index contributed by atoms with van der Waals surface area (Å²) in [5.41, 5.74) is 5.37. The summed E-state index contributed by atoms with van der Waals surface area (Å²) < 4.78 is 92.8. The first-order chi connectivity index (χ1) is 12.4. The van der Waals surface area contributed by atoms with Crippen LogP contribution in [-0.4, -0.2) is 20.8 Å². The molecule has 0 aliphatic heterocycles. The van der Waals surface area contributed by atoms with E-state index >= 15 is 0 Å². The molecular weight excluding hydrogens is 393 g/mol. The van der Waals surface area contributed by atoms with Crippen LogP contribution in [0.15, 0.2) is 47.4 Å². The van der Waals surface area contributed by atoms with Crippen LogP contribution in [0.2, 0.25) is 0 Å². The number of benzene rings is 2. The Bertz CT molecular complexity index is 952. The molecule has 10 heteroatoms. The van der Waals surface area contributed by atoms with Gasteiger partial charge in [0.2, 0.25) is 0 Å². The first-order valence-electron chi connectivity index (χ1n) is 7.76. The highest BCUT2D eigenvalue weighted by Gasteiger charge is 2.56. The monoisotopic (exact) mass is 407 g/mol. The van der Waals surface area contributed by atoms with Crippen LogP contribution in [0.5, 0.6) is 5.75 Å². The summed E-state index contributed by atoms with van der Waals surface area (Å²) in [6, 6.07) is 5.50. The van der Waals surface area contributed by atoms with Gasteiger partial charge in [-0.3, -0.25) is 0 Å². The predicted octanol–water partition coefficient (Wildman–Crippen LogP) is 3.65. The standard InChI is InChI=1S/C17H14F5NO3S/c18-10-1-6-15(19)14(7-10)16(8-11(23)9-16)27(24,25)13-4-2-12(3-5-13)26-17(20,21)22/h1-7,11H,8-9,23H2. The summed E-state index contributed by atoms with van der Waals surface area (Å²) in [4.78, 5) is -0.340. The molecule has 0 aromatic heterocycles. The number of alkyl halides is 3. The van der Waals surface area contributed by atoms with E-state index in [1.165, 1.54) is 0 Å². The molecule has 2 aromatic rings. The number of hydrogen-bond acceptors (Lipinski definition) is 4. The third kappa shape index (κ3) is 3.51. The minimum atomic E-state index is -4.92. The van der Waals surface area contributed by atoms with Crippen molar-refractivity contribution >= 4 is 9.84 Å². The van der Waals surface area contributed by atoms with Gasteiger partial charge >= 0.3 is 6.36 Å². The van der Waals surface area contributed by atoms with Crippen molar-refractivity contribution in [2.75, 3.05) is 0 Å². The Hall–Kier alpha value is -2.20. The zero-order valence-electron chi connectivity index (χ0n) is 13.6. The topological polar surface area (TPSA) is 69.4 Å². The lowest BCUT2D eigenvalue weighted by atomic mass is 9.75. The van der Waals surface area contributed by atoms with Crippen molar-refractivity contribution in [2.24, 2.45) is 5.73 Å². The van der Waals surface area contributed by atoms with Crippen LogP contribution in [0.3, 0.4) is 0 Å². The quantitative estimate of drug-likeness (QED) is 0.786. The number of rotatable bonds is 4. The third-order valence-corrected chi connectivity index (χ3v) is 6.96. The Kier molecular flexibility index (Phi) is 4.67. The number of hydrogen-bond donors (Lipinski definition) is 1. The van der Waals surface area contributed by atoms with E-state index in [0.29, 0.717) is 0 Å². The average molecular weight is 407 g/mol. The Labute approximate surface area is 151 Å². The van der Waals surface area contributed by atoms with E-state index in [2.05, 4.69) is 4.74 Å². The molecule has 27 heavy (non-hydrogen) atoms. The molecule has 1 saturated carbocycles. The highest BCUT2D eigenvalue weighted by Crippen LogP contribution is 2.51. The Morgan fingerprint density at radius 2 is 1.63 bits per heavy atom. The maximum Gasteiger partial charge on any atom is 0.573 e. The molecule has 0 spiro atoms. The molecule has 1 aliphatic carbocycles. The van der Waals surface area contributed by atoms with E-state index in [9.17, 15) is 30.4 Å². The largest absolute Gasteiger partial charge is 0.573 e. The Balaban J connectivity index is 2.04. The van der Waals surface area contributed by atoms with Crippen LogP contribution < -0.4 is 10.5 Å². The van der Waals surface area contributed by atoms with Gasteiger partial charge in [-0.2, -0.15) is 0 Å². The molecular formula is C17H14F5NO3S. The van der Waals surface area contributed by atoms with Crippen LogP contribution in [0.25, 0.3) is 0 Å². The lowest BCUT2D eigenvalue weighted by Crippen LogP contribution is -2.54. The van der Waals surface area contributed by atoms with Crippen LogP contribution in [-0.2, 0) is 14.6 Å². The number of ether oxygens (including phenoxy) is 1. The summed E-state index contributed by atoms with van der Waals surface area (Å²) in [5.74, 6) is -2.31. The van der Waals surface area contributed by atoms with Crippen LogP contribution in [0.1, 0.15) is 18.4 Å². The summed E-state index contributed by atoms with van der Waals surface area (Å²) in [5, 5.41) is 0. The average Bonchev–Trinajstić information content (AvgIpc) is 2.53. The maximum atomic E-state index is 14.3. The first-order valence-corrected chi connectivity index (χ1v) is 9.24. The molecule has 1 fully saturated rings. The molecule has 1 aliphatic rings. The van der Waals surface area contributed by atoms with Gasteiger partial charge in [0.25, 0.3) is 0 Å². The SMILES string of the molecule is NC1CC(c2cc(F)ccc2F)(S(=O)(=O)c2ccc(OC(F)(F)F)cc2)C1. The van der Waals surface area contributed by atoms with Gasteiger partial charge in [0.15, 0.2) is 9.84 Å². The van der Waals surface area contributed by atoms with Gasteiger partial charge in [-0.1, -0.05) is 0 Å². The van der Waals surface area contributed by atoms with Crippen molar-refractivity contribution in [3.8, 4) is 5.75 Å². The lowest BCUT2D eigenvalue weighted by molar-refractivity contribution is -0.274. The van der Waals surface area contributed by atoms with Gasteiger partial charge < -0.3 is 10.5 Å². The van der Waals surface area contributed by atoms with Crippen molar-refractivity contribution in [1.82, 2.24) is 0 Å². The molecule has 3 rings (SSSR count). The predicted molar refractivity (Wildman–Crippen MR) is 85.6 cm³/mol. The van der Waals surface area contributed by atoms with Crippen molar-refractivity contribution in [3.63, 3.8) is 0 Å². The highest BCUT2D eigenvalue weighted by atomic mass is 32.2. The normalized spacial score (nSPS) is 23.0. The number of halogens is 5. The third-order valence-electron chi connectivity index (χ3n) is 4.49. The van der Waals surface area contributed by atoms with Gasteiger partial charge in [-0.05, 0) is 55.3 Å². The molecule has 0 unspecified atom stereocenters. The molecule has 0 saturated heterocycles. The van der Waals surface area contributed by atoms with Gasteiger partial charge in [0.1, 0.15) is 22.1 Å². The molecule has 0 amide bonds. The smallest absolute Gasteiger partial charge is 0.406 e. The van der Waals surface area contributed by atoms with Gasteiger partial charge in [0.05, 0.1) is 4.90 Å². The number of nitrogens with two attached hydrogens (primary N) is 1. The molecule has 2 aromatic carbocycles. The van der Waals surface area contributed by atoms with Crippen molar-refractivity contribution in [3.05, 3.63) is 59.7 Å². The minimum absolute atomic E-state index is 0.142. The summed E-state index contributed by atoms with van der Waals surface area (Å²) >= 11 is 0. The van der Waals surface area contributed by atoms with Crippen molar-refractivity contribution < 1.29 is 35.1 Å². The molecule has 146 valence electrons. The van der Waals surface area contributed by atoms with E-state index in [0.717, 1.165) is 42.5 Å². The van der Waals surface area contributed by atoms with Crippen molar-refractivity contribution in [2.45, 2.75) is 34.9 Å². The van der Waals surface area contributed by atoms with Crippen LogP contribution >= 0.6 is 0 Å². The summed E-state index contributed by atoms with van der Waals surface area (Å²) in [6.07, 6.45) is -5.21. The van der Waals surface area contributed by atoms with E-state index in [4.69, 9.17) is 5.73 Å². The minimum Gasteiger partial charge on any atom is -0.406 e. The van der Waals surface area contributed by atoms with E-state index in [-0.39, 0.29) is 23.3 Å². The number of sulfone groups is 1. The van der Waals surface area contributed by atoms with E-state index in [1.807, 2.05) is 0 Å². The molecule has 0 atom stereocenters. The van der Waals surface area contributed by atoms with Crippen LogP contribution in [0.4, 0.5) is 22.0 Å². The van der Waals surface area contributed by atoms with E-state index < -0.39 is 44.4 Å². The molecule has 4 nitrogen and oxygen atoms in total. The highest BCUT2D eigenvalue weighted by molar-refractivity contribution is 7.92. The zero-order valence-corrected chi connectivity index (χ0v) is 14.4. The second kappa shape index (κ2) is 6.45. The van der Waals surface area contributed by atoms with E-state index in [1.54, 1.807) is 0 Å². The molecule has 2 N–H and O–H groups in total. The Morgan fingerprint density at radius 3 is 2.15 bits per heavy atom. The maximum absolute atomic E-state index is 14.3. The Morgan fingerprint density at radius 1 is 1.04 bits per heavy atom. The molecule has 0 bridgehead atoms. The summed E-state index contributed by atoms with van der Waals surface area (Å²) in [7, 11) is -4.27. The summed E-state index contributed by atoms with van der Waals surface area (Å²) in [6.45, 7) is 0. The zero-order chi connectivity index (χ0) is 20.0. The fourth-order valence-electron chi connectivity index (χ4n) is 3.26. The van der Waals surface area contributed by atoms with Crippen LogP contribution in [0, 0.1) is 11.6 Å². The first kappa shape index (κ1) is 19.6.